The lowest BCUT2D eigenvalue weighted by Crippen LogP contribution is -2.17. The Morgan fingerprint density at radius 3 is 2.64 bits per heavy atom. The van der Waals surface area contributed by atoms with Crippen molar-refractivity contribution in [2.24, 2.45) is 5.41 Å². The van der Waals surface area contributed by atoms with E-state index < -0.39 is 0 Å². The van der Waals surface area contributed by atoms with E-state index in [1.54, 1.807) is 0 Å². The molecule has 0 aliphatic heterocycles. The van der Waals surface area contributed by atoms with E-state index in [0.29, 0.717) is 0 Å². The van der Waals surface area contributed by atoms with E-state index in [9.17, 15) is 0 Å². The highest BCUT2D eigenvalue weighted by Gasteiger charge is 2.02. The lowest BCUT2D eigenvalue weighted by Gasteiger charge is -2.15. The van der Waals surface area contributed by atoms with Gasteiger partial charge in [-0.2, -0.15) is 0 Å². The van der Waals surface area contributed by atoms with Crippen molar-refractivity contribution in [1.82, 2.24) is 4.90 Å². The summed E-state index contributed by atoms with van der Waals surface area (Å²) >= 11 is 0. The smallest absolute Gasteiger partial charge is 0.0234 e. The van der Waals surface area contributed by atoms with Crippen LogP contribution in [-0.4, -0.2) is 18.5 Å². The summed E-state index contributed by atoms with van der Waals surface area (Å²) in [5, 5.41) is 0. The number of allylic oxidation sites excluding steroid dienone is 3. The molecule has 0 saturated carbocycles. The van der Waals surface area contributed by atoms with Crippen LogP contribution in [0, 0.1) is 17.3 Å². The molecule has 1 rings (SSSR count). The first-order valence-electron chi connectivity index (χ1n) is 7.90. The number of nitrogens with zero attached hydrogens (tertiary/aromatic N) is 1. The van der Waals surface area contributed by atoms with Gasteiger partial charge in [-0.15, -0.1) is 0 Å². The first kappa shape index (κ1) is 18.3. The number of rotatable bonds is 5. The van der Waals surface area contributed by atoms with Crippen molar-refractivity contribution >= 4 is 5.57 Å². The standard InChI is InChI=1S/C21H29N/c1-7-18(2)20-13-11-12-19(16-20)17-22(6)15-10-8-9-14-21(3,4)5/h7-8,10-13,16H,15,17H2,1-6H3/b10-8+,18-7-. The molecule has 0 bridgehead atoms. The Kier molecular flexibility index (Phi) is 7.15. The normalized spacial score (nSPS) is 12.6. The summed E-state index contributed by atoms with van der Waals surface area (Å²) in [6, 6.07) is 8.76. The maximum atomic E-state index is 3.21. The molecule has 22 heavy (non-hydrogen) atoms. The minimum atomic E-state index is 0.0708. The van der Waals surface area contributed by atoms with Gasteiger partial charge in [0.15, 0.2) is 0 Å². The largest absolute Gasteiger partial charge is 0.298 e. The number of hydrogen-bond acceptors (Lipinski definition) is 1. The van der Waals surface area contributed by atoms with Crippen molar-refractivity contribution in [3.63, 3.8) is 0 Å². The molecular weight excluding hydrogens is 266 g/mol. The Bertz CT molecular complexity index is 588. The van der Waals surface area contributed by atoms with Crippen molar-refractivity contribution in [1.29, 1.82) is 0 Å². The van der Waals surface area contributed by atoms with Crippen molar-refractivity contribution < 1.29 is 0 Å². The minimum Gasteiger partial charge on any atom is -0.298 e. The third-order valence-electron chi connectivity index (χ3n) is 3.33. The van der Waals surface area contributed by atoms with E-state index in [2.05, 4.69) is 94.8 Å². The highest BCUT2D eigenvalue weighted by Crippen LogP contribution is 2.16. The van der Waals surface area contributed by atoms with Gasteiger partial charge in [-0.1, -0.05) is 48.3 Å². The van der Waals surface area contributed by atoms with E-state index in [1.165, 1.54) is 16.7 Å². The van der Waals surface area contributed by atoms with Crippen LogP contribution in [0.2, 0.25) is 0 Å². The predicted molar refractivity (Wildman–Crippen MR) is 98.5 cm³/mol. The summed E-state index contributed by atoms with van der Waals surface area (Å²) < 4.78 is 0. The molecule has 0 aliphatic rings. The van der Waals surface area contributed by atoms with E-state index in [0.717, 1.165) is 13.1 Å². The average molecular weight is 295 g/mol. The molecule has 1 nitrogen and oxygen atoms in total. The zero-order valence-electron chi connectivity index (χ0n) is 14.9. The van der Waals surface area contributed by atoms with Gasteiger partial charge in [-0.3, -0.25) is 4.90 Å². The average Bonchev–Trinajstić information content (AvgIpc) is 2.45. The topological polar surface area (TPSA) is 3.24 Å². The molecule has 0 aromatic heterocycles. The van der Waals surface area contributed by atoms with Crippen molar-refractivity contribution in [3.8, 4) is 11.8 Å². The van der Waals surface area contributed by atoms with E-state index in [1.807, 2.05) is 6.08 Å². The second-order valence-corrected chi connectivity index (χ2v) is 6.79. The molecular formula is C21H29N. The van der Waals surface area contributed by atoms with E-state index in [-0.39, 0.29) is 5.41 Å². The van der Waals surface area contributed by atoms with Gasteiger partial charge in [0.05, 0.1) is 0 Å². The van der Waals surface area contributed by atoms with Crippen LogP contribution in [0.5, 0.6) is 0 Å². The lowest BCUT2D eigenvalue weighted by molar-refractivity contribution is 0.363. The maximum absolute atomic E-state index is 3.21. The molecule has 0 radical (unpaired) electrons. The Hall–Kier alpha value is -1.78. The van der Waals surface area contributed by atoms with Gasteiger partial charge in [-0.05, 0) is 64.4 Å². The summed E-state index contributed by atoms with van der Waals surface area (Å²) in [6.45, 7) is 12.5. The van der Waals surface area contributed by atoms with E-state index in [4.69, 9.17) is 0 Å². The fraction of sp³-hybridized carbons (Fsp3) is 0.429. The Morgan fingerprint density at radius 1 is 1.27 bits per heavy atom. The second kappa shape index (κ2) is 8.61. The first-order chi connectivity index (χ1) is 10.3. The fourth-order valence-electron chi connectivity index (χ4n) is 2.01. The Balaban J connectivity index is 2.57. The maximum Gasteiger partial charge on any atom is 0.0234 e. The molecule has 0 amide bonds. The van der Waals surface area contributed by atoms with Crippen molar-refractivity contribution in [2.75, 3.05) is 13.6 Å². The summed E-state index contributed by atoms with van der Waals surface area (Å²) in [4.78, 5) is 2.29. The van der Waals surface area contributed by atoms with Crippen molar-refractivity contribution in [2.45, 2.75) is 41.2 Å². The molecule has 0 aliphatic carbocycles. The molecule has 0 saturated heterocycles. The monoisotopic (exact) mass is 295 g/mol. The van der Waals surface area contributed by atoms with Crippen LogP contribution in [0.1, 0.15) is 45.7 Å². The molecule has 0 N–H and O–H groups in total. The van der Waals surface area contributed by atoms with Gasteiger partial charge in [-0.25, -0.2) is 0 Å². The highest BCUT2D eigenvalue weighted by molar-refractivity contribution is 5.63. The molecule has 0 spiro atoms. The highest BCUT2D eigenvalue weighted by atomic mass is 15.1. The number of benzene rings is 1. The fourth-order valence-corrected chi connectivity index (χ4v) is 2.01. The molecule has 1 aromatic rings. The molecule has 0 unspecified atom stereocenters. The number of likely N-dealkylation sites (N-methyl/N-ethyl adjacent to an activating group) is 1. The first-order valence-corrected chi connectivity index (χ1v) is 7.90. The second-order valence-electron chi connectivity index (χ2n) is 6.79. The molecule has 1 aromatic carbocycles. The Morgan fingerprint density at radius 2 is 2.00 bits per heavy atom. The summed E-state index contributed by atoms with van der Waals surface area (Å²) in [5.74, 6) is 6.32. The van der Waals surface area contributed by atoms with Crippen LogP contribution in [0.3, 0.4) is 0 Å². The molecule has 0 heterocycles. The summed E-state index contributed by atoms with van der Waals surface area (Å²) in [7, 11) is 2.14. The quantitative estimate of drug-likeness (QED) is 0.679. The van der Waals surface area contributed by atoms with E-state index >= 15 is 0 Å². The van der Waals surface area contributed by atoms with Crippen molar-refractivity contribution in [3.05, 3.63) is 53.6 Å². The predicted octanol–water partition coefficient (Wildman–Crippen LogP) is 5.15. The Labute approximate surface area is 136 Å². The molecule has 118 valence electrons. The molecule has 0 fully saturated rings. The molecule has 0 atom stereocenters. The van der Waals surface area contributed by atoms with Crippen LogP contribution in [0.15, 0.2) is 42.5 Å². The lowest BCUT2D eigenvalue weighted by atomic mass is 9.98. The van der Waals surface area contributed by atoms with Crippen LogP contribution in [0.25, 0.3) is 5.57 Å². The van der Waals surface area contributed by atoms with Crippen LogP contribution in [-0.2, 0) is 6.54 Å². The van der Waals surface area contributed by atoms with Crippen LogP contribution in [0.4, 0.5) is 0 Å². The van der Waals surface area contributed by atoms with Gasteiger partial charge in [0, 0.05) is 18.5 Å². The van der Waals surface area contributed by atoms with Crippen LogP contribution >= 0.6 is 0 Å². The third-order valence-corrected chi connectivity index (χ3v) is 3.33. The molecule has 1 heteroatoms. The van der Waals surface area contributed by atoms with Gasteiger partial charge in [0.1, 0.15) is 0 Å². The van der Waals surface area contributed by atoms with Gasteiger partial charge in [0.25, 0.3) is 0 Å². The van der Waals surface area contributed by atoms with Gasteiger partial charge >= 0.3 is 0 Å². The van der Waals surface area contributed by atoms with Gasteiger partial charge < -0.3 is 0 Å². The number of hydrogen-bond donors (Lipinski definition) is 0. The van der Waals surface area contributed by atoms with Gasteiger partial charge in [0.2, 0.25) is 0 Å². The minimum absolute atomic E-state index is 0.0708. The third kappa shape index (κ3) is 7.29. The summed E-state index contributed by atoms with van der Waals surface area (Å²) in [6.07, 6.45) is 6.24. The van der Waals surface area contributed by atoms with Crippen LogP contribution < -0.4 is 0 Å². The summed E-state index contributed by atoms with van der Waals surface area (Å²) in [5.41, 5.74) is 4.04. The zero-order valence-corrected chi connectivity index (χ0v) is 14.9. The zero-order chi connectivity index (χ0) is 16.6. The SMILES string of the molecule is C/C=C(/C)c1cccc(CN(C)C/C=C/C#CC(C)(C)C)c1.